The monoisotopic (exact) mass is 279 g/mol. The number of rotatable bonds is 2. The van der Waals surface area contributed by atoms with Crippen LogP contribution in [0.3, 0.4) is 0 Å². The van der Waals surface area contributed by atoms with E-state index in [0.29, 0.717) is 36.9 Å². The third kappa shape index (κ3) is 4.40. The van der Waals surface area contributed by atoms with Crippen molar-refractivity contribution in [1.29, 1.82) is 0 Å². The highest BCUT2D eigenvalue weighted by Gasteiger charge is 2.20. The van der Waals surface area contributed by atoms with Crippen molar-refractivity contribution in [3.63, 3.8) is 0 Å². The lowest BCUT2D eigenvalue weighted by atomic mass is 10.1. The molecule has 1 heterocycles. The maximum Gasteiger partial charge on any atom is 0.220 e. The van der Waals surface area contributed by atoms with Gasteiger partial charge < -0.3 is 9.64 Å². The zero-order chi connectivity index (χ0) is 14.3. The van der Waals surface area contributed by atoms with Crippen LogP contribution in [0.5, 0.6) is 0 Å². The summed E-state index contributed by atoms with van der Waals surface area (Å²) in [7, 11) is 0. The van der Waals surface area contributed by atoms with Gasteiger partial charge in [-0.3, -0.25) is 4.79 Å². The minimum absolute atomic E-state index is 0.0643. The summed E-state index contributed by atoms with van der Waals surface area (Å²) in [6.45, 7) is 8.66. The molecule has 0 aliphatic carbocycles. The number of ketones is 1. The molecule has 0 amide bonds. The van der Waals surface area contributed by atoms with E-state index >= 15 is 0 Å². The molecule has 1 saturated heterocycles. The van der Waals surface area contributed by atoms with Crippen molar-refractivity contribution in [3.05, 3.63) is 35.4 Å². The average Bonchev–Trinajstić information content (AvgIpc) is 2.48. The Morgan fingerprint density at radius 2 is 1.89 bits per heavy atom. The first-order valence-electron chi connectivity index (χ1n) is 6.66. The van der Waals surface area contributed by atoms with Gasteiger partial charge in [0, 0.05) is 18.7 Å². The maximum atomic E-state index is 12.2. The lowest BCUT2D eigenvalue weighted by molar-refractivity contribution is 0.0670. The summed E-state index contributed by atoms with van der Waals surface area (Å²) in [6.07, 6.45) is 0. The molecule has 0 unspecified atom stereocenters. The normalized spacial score (nSPS) is 14.4. The molecule has 1 fully saturated rings. The molecule has 4 heteroatoms. The first-order valence-corrected chi connectivity index (χ1v) is 7.07. The van der Waals surface area contributed by atoms with Crippen molar-refractivity contribution in [3.8, 4) is 0 Å². The van der Waals surface area contributed by atoms with Gasteiger partial charge in [0.15, 0.2) is 4.99 Å². The van der Waals surface area contributed by atoms with Crippen LogP contribution in [0.25, 0.3) is 0 Å². The van der Waals surface area contributed by atoms with Gasteiger partial charge in [-0.15, -0.1) is 0 Å². The minimum atomic E-state index is -0.0643. The van der Waals surface area contributed by atoms with Crippen LogP contribution in [0, 0.1) is 6.92 Å². The van der Waals surface area contributed by atoms with E-state index in [1.165, 1.54) is 0 Å². The van der Waals surface area contributed by atoms with Gasteiger partial charge in [-0.2, -0.15) is 0 Å². The van der Waals surface area contributed by atoms with Gasteiger partial charge in [0.1, 0.15) is 0 Å². The Morgan fingerprint density at radius 3 is 2.47 bits per heavy atom. The number of carbonyl (C=O) groups excluding carboxylic acids is 1. The van der Waals surface area contributed by atoms with Crippen LogP contribution < -0.4 is 0 Å². The number of Topliss-reactive ketones (excluding diaryl/α,β-unsaturated/α-hetero) is 1. The largest absolute Gasteiger partial charge is 0.378 e. The number of aryl methyl sites for hydroxylation is 1. The number of thiocarbonyl (C=S) groups is 1. The number of morpholine rings is 1. The molecule has 1 aliphatic rings. The minimum Gasteiger partial charge on any atom is -0.378 e. The highest BCUT2D eigenvalue weighted by molar-refractivity contribution is 7.82. The van der Waals surface area contributed by atoms with Crippen molar-refractivity contribution in [1.82, 2.24) is 4.90 Å². The molecule has 104 valence electrons. The lowest BCUT2D eigenvalue weighted by Gasteiger charge is -2.28. The highest BCUT2D eigenvalue weighted by atomic mass is 32.1. The fourth-order valence-corrected chi connectivity index (χ4v) is 2.12. The fourth-order valence-electron chi connectivity index (χ4n) is 1.82. The number of ether oxygens (including phenoxy) is 1. The highest BCUT2D eigenvalue weighted by Crippen LogP contribution is 2.09. The summed E-state index contributed by atoms with van der Waals surface area (Å²) in [5, 5.41) is 0. The lowest BCUT2D eigenvalue weighted by Crippen LogP contribution is -2.43. The van der Waals surface area contributed by atoms with E-state index in [9.17, 15) is 4.79 Å². The summed E-state index contributed by atoms with van der Waals surface area (Å²) < 4.78 is 5.24. The molecule has 2 rings (SSSR count). The Morgan fingerprint density at radius 1 is 1.26 bits per heavy atom. The van der Waals surface area contributed by atoms with Crippen LogP contribution in [0.2, 0.25) is 0 Å². The summed E-state index contributed by atoms with van der Waals surface area (Å²) >= 11 is 5.24. The first-order chi connectivity index (χ1) is 9.18. The Bertz CT molecular complexity index is 440. The van der Waals surface area contributed by atoms with Crippen molar-refractivity contribution >= 4 is 23.0 Å². The molecular weight excluding hydrogens is 258 g/mol. The van der Waals surface area contributed by atoms with Crippen LogP contribution in [0.15, 0.2) is 24.3 Å². The Balaban J connectivity index is 0.000000861. The summed E-state index contributed by atoms with van der Waals surface area (Å²) in [5.74, 6) is -0.0643. The van der Waals surface area contributed by atoms with Crippen molar-refractivity contribution < 1.29 is 9.53 Å². The third-order valence-electron chi connectivity index (χ3n) is 2.77. The van der Waals surface area contributed by atoms with Gasteiger partial charge in [-0.05, 0) is 13.0 Å². The molecule has 1 aromatic rings. The number of carbonyl (C=O) groups is 1. The molecule has 0 bridgehead atoms. The molecule has 19 heavy (non-hydrogen) atoms. The topological polar surface area (TPSA) is 29.5 Å². The Kier molecular flexibility index (Phi) is 6.67. The summed E-state index contributed by atoms with van der Waals surface area (Å²) in [6, 6.07) is 7.52. The zero-order valence-corrected chi connectivity index (χ0v) is 12.6. The average molecular weight is 279 g/mol. The van der Waals surface area contributed by atoms with Crippen LogP contribution in [-0.2, 0) is 4.74 Å². The van der Waals surface area contributed by atoms with E-state index in [4.69, 9.17) is 17.0 Å². The van der Waals surface area contributed by atoms with E-state index in [0.717, 1.165) is 5.56 Å². The third-order valence-corrected chi connectivity index (χ3v) is 3.22. The van der Waals surface area contributed by atoms with E-state index in [1.54, 1.807) is 0 Å². The summed E-state index contributed by atoms with van der Waals surface area (Å²) in [5.41, 5.74) is 1.74. The molecule has 0 aromatic heterocycles. The Hall–Kier alpha value is -1.26. The van der Waals surface area contributed by atoms with Crippen molar-refractivity contribution in [2.24, 2.45) is 0 Å². The van der Waals surface area contributed by atoms with Crippen molar-refractivity contribution in [2.45, 2.75) is 20.8 Å². The molecule has 0 N–H and O–H groups in total. The maximum absolute atomic E-state index is 12.2. The van der Waals surface area contributed by atoms with Crippen LogP contribution in [0.1, 0.15) is 29.8 Å². The standard InChI is InChI=1S/C13H15NO2S.C2H6/c1-10-3-2-4-11(9-10)12(15)13(17)14-5-7-16-8-6-14;1-2/h2-4,9H,5-8H2,1H3;1-2H3. The van der Waals surface area contributed by atoms with E-state index in [2.05, 4.69) is 0 Å². The van der Waals surface area contributed by atoms with Gasteiger partial charge in [-0.1, -0.05) is 49.8 Å². The molecule has 0 radical (unpaired) electrons. The van der Waals surface area contributed by atoms with E-state index in [-0.39, 0.29) is 5.78 Å². The Labute approximate surface area is 120 Å². The summed E-state index contributed by atoms with van der Waals surface area (Å²) in [4.78, 5) is 14.5. The number of hydrogen-bond donors (Lipinski definition) is 0. The second-order valence-corrected chi connectivity index (χ2v) is 4.49. The van der Waals surface area contributed by atoms with Crippen LogP contribution in [0.4, 0.5) is 0 Å². The molecule has 0 spiro atoms. The fraction of sp³-hybridized carbons (Fsp3) is 0.467. The SMILES string of the molecule is CC.Cc1cccc(C(=O)C(=S)N2CCOCC2)c1. The predicted molar refractivity (Wildman–Crippen MR) is 81.8 cm³/mol. The quantitative estimate of drug-likeness (QED) is 0.615. The van der Waals surface area contributed by atoms with Gasteiger partial charge in [0.2, 0.25) is 5.78 Å². The van der Waals surface area contributed by atoms with E-state index in [1.807, 2.05) is 49.9 Å². The first kappa shape index (κ1) is 15.8. The zero-order valence-electron chi connectivity index (χ0n) is 11.8. The predicted octanol–water partition coefficient (Wildman–Crippen LogP) is 2.86. The molecule has 3 nitrogen and oxygen atoms in total. The number of nitrogens with zero attached hydrogens (tertiary/aromatic N) is 1. The molecule has 1 aliphatic heterocycles. The second-order valence-electron chi connectivity index (χ2n) is 4.10. The second kappa shape index (κ2) is 8.02. The number of hydrogen-bond acceptors (Lipinski definition) is 3. The van der Waals surface area contributed by atoms with E-state index < -0.39 is 0 Å². The smallest absolute Gasteiger partial charge is 0.220 e. The molecule has 0 saturated carbocycles. The van der Waals surface area contributed by atoms with Crippen LogP contribution >= 0.6 is 12.2 Å². The molecule has 1 aromatic carbocycles. The van der Waals surface area contributed by atoms with Gasteiger partial charge in [0.25, 0.3) is 0 Å². The van der Waals surface area contributed by atoms with Gasteiger partial charge >= 0.3 is 0 Å². The molecule has 0 atom stereocenters. The van der Waals surface area contributed by atoms with Crippen molar-refractivity contribution in [2.75, 3.05) is 26.3 Å². The van der Waals surface area contributed by atoms with Gasteiger partial charge in [-0.25, -0.2) is 0 Å². The number of benzene rings is 1. The van der Waals surface area contributed by atoms with Crippen LogP contribution in [-0.4, -0.2) is 42.0 Å². The molecular formula is C15H21NO2S. The van der Waals surface area contributed by atoms with Gasteiger partial charge in [0.05, 0.1) is 13.2 Å².